The van der Waals surface area contributed by atoms with Gasteiger partial charge < -0.3 is 10.4 Å². The van der Waals surface area contributed by atoms with Crippen LogP contribution in [0.4, 0.5) is 5.69 Å². The van der Waals surface area contributed by atoms with Crippen LogP contribution < -0.4 is 5.32 Å². The Morgan fingerprint density at radius 2 is 1.91 bits per heavy atom. The molecule has 4 nitrogen and oxygen atoms in total. The molecule has 2 rings (SSSR count). The molecule has 0 bridgehead atoms. The Hall–Kier alpha value is -1.98. The van der Waals surface area contributed by atoms with Gasteiger partial charge in [-0.05, 0) is 36.8 Å². The van der Waals surface area contributed by atoms with Crippen molar-refractivity contribution in [3.63, 3.8) is 0 Å². The van der Waals surface area contributed by atoms with Crippen molar-refractivity contribution in [2.45, 2.75) is 11.8 Å². The number of halogens is 1. The summed E-state index contributed by atoms with van der Waals surface area (Å²) in [4.78, 5) is 23.7. The van der Waals surface area contributed by atoms with Crippen LogP contribution in [0.2, 0.25) is 5.02 Å². The highest BCUT2D eigenvalue weighted by Gasteiger charge is 2.12. The lowest BCUT2D eigenvalue weighted by Gasteiger charge is -2.10. The molecule has 6 heteroatoms. The lowest BCUT2D eigenvalue weighted by atomic mass is 10.2. The van der Waals surface area contributed by atoms with Crippen LogP contribution in [0.3, 0.4) is 0 Å². The summed E-state index contributed by atoms with van der Waals surface area (Å²) in [5.41, 5.74) is 1.65. The molecule has 0 fully saturated rings. The van der Waals surface area contributed by atoms with Crippen LogP contribution in [0.5, 0.6) is 0 Å². The van der Waals surface area contributed by atoms with E-state index in [4.69, 9.17) is 16.7 Å². The van der Waals surface area contributed by atoms with Crippen molar-refractivity contribution < 1.29 is 14.7 Å². The van der Waals surface area contributed by atoms with Gasteiger partial charge in [0.15, 0.2) is 0 Å². The lowest BCUT2D eigenvalue weighted by Crippen LogP contribution is -2.15. The number of benzene rings is 2. The average molecular weight is 336 g/mol. The smallest absolute Gasteiger partial charge is 0.336 e. The fourth-order valence-electron chi connectivity index (χ4n) is 1.84. The van der Waals surface area contributed by atoms with Crippen LogP contribution in [-0.4, -0.2) is 22.7 Å². The fourth-order valence-corrected chi connectivity index (χ4v) is 2.86. The minimum absolute atomic E-state index is 0.121. The zero-order valence-electron chi connectivity index (χ0n) is 11.8. The zero-order valence-corrected chi connectivity index (χ0v) is 13.4. The number of thioether (sulfide) groups is 1. The number of carbonyl (C=O) groups is 2. The molecule has 0 aliphatic carbocycles. The van der Waals surface area contributed by atoms with E-state index in [-0.39, 0.29) is 17.2 Å². The van der Waals surface area contributed by atoms with Gasteiger partial charge in [-0.2, -0.15) is 0 Å². The maximum atomic E-state index is 12.0. The summed E-state index contributed by atoms with van der Waals surface area (Å²) in [5, 5.41) is 12.5. The first-order valence-electron chi connectivity index (χ1n) is 6.49. The maximum absolute atomic E-state index is 12.0. The Morgan fingerprint density at radius 3 is 2.64 bits per heavy atom. The van der Waals surface area contributed by atoms with Crippen molar-refractivity contribution in [1.29, 1.82) is 0 Å². The fraction of sp³-hybridized carbons (Fsp3) is 0.125. The highest BCUT2D eigenvalue weighted by Crippen LogP contribution is 2.25. The number of carboxylic acids is 1. The van der Waals surface area contributed by atoms with Crippen molar-refractivity contribution in [2.24, 2.45) is 0 Å². The van der Waals surface area contributed by atoms with Crippen molar-refractivity contribution in [1.82, 2.24) is 0 Å². The molecule has 1 amide bonds. The maximum Gasteiger partial charge on any atom is 0.336 e. The molecule has 2 aromatic rings. The monoisotopic (exact) mass is 335 g/mol. The largest absolute Gasteiger partial charge is 0.478 e. The van der Waals surface area contributed by atoms with Crippen LogP contribution >= 0.6 is 23.4 Å². The standard InChI is InChI=1S/C16H14ClNO3S/c1-10-12(17)6-4-7-13(10)18-15(19)9-22-14-8-3-2-5-11(14)16(20)21/h2-8H,9H2,1H3,(H,18,19)(H,20,21). The van der Waals surface area contributed by atoms with E-state index >= 15 is 0 Å². The van der Waals surface area contributed by atoms with E-state index in [0.29, 0.717) is 15.6 Å². The summed E-state index contributed by atoms with van der Waals surface area (Å²) < 4.78 is 0. The molecule has 0 saturated heterocycles. The van der Waals surface area contributed by atoms with Crippen LogP contribution in [0, 0.1) is 6.92 Å². The molecule has 2 N–H and O–H groups in total. The molecule has 0 aliphatic rings. The van der Waals surface area contributed by atoms with E-state index in [1.54, 1.807) is 36.4 Å². The lowest BCUT2D eigenvalue weighted by molar-refractivity contribution is -0.113. The van der Waals surface area contributed by atoms with E-state index in [9.17, 15) is 9.59 Å². The van der Waals surface area contributed by atoms with Gasteiger partial charge in [0.2, 0.25) is 5.91 Å². The summed E-state index contributed by atoms with van der Waals surface area (Å²) in [7, 11) is 0. The van der Waals surface area contributed by atoms with E-state index < -0.39 is 5.97 Å². The SMILES string of the molecule is Cc1c(Cl)cccc1NC(=O)CSc1ccccc1C(=O)O. The van der Waals surface area contributed by atoms with Gasteiger partial charge in [0.1, 0.15) is 0 Å². The summed E-state index contributed by atoms with van der Waals surface area (Å²) in [6.45, 7) is 1.82. The van der Waals surface area contributed by atoms with Gasteiger partial charge >= 0.3 is 5.97 Å². The molecular formula is C16H14ClNO3S. The van der Waals surface area contributed by atoms with E-state index in [2.05, 4.69) is 5.32 Å². The predicted molar refractivity (Wildman–Crippen MR) is 88.9 cm³/mol. The number of hydrogen-bond acceptors (Lipinski definition) is 3. The Morgan fingerprint density at radius 1 is 1.18 bits per heavy atom. The molecule has 0 unspecified atom stereocenters. The highest BCUT2D eigenvalue weighted by atomic mass is 35.5. The third-order valence-electron chi connectivity index (χ3n) is 3.02. The first kappa shape index (κ1) is 16.4. The second-order valence-electron chi connectivity index (χ2n) is 4.55. The number of rotatable bonds is 5. The van der Waals surface area contributed by atoms with Crippen LogP contribution in [0.25, 0.3) is 0 Å². The number of nitrogens with one attached hydrogen (secondary N) is 1. The third-order valence-corrected chi connectivity index (χ3v) is 4.50. The summed E-state index contributed by atoms with van der Waals surface area (Å²) >= 11 is 7.19. The molecule has 0 spiro atoms. The molecule has 0 aromatic heterocycles. The molecule has 114 valence electrons. The Kier molecular flexibility index (Phi) is 5.46. The number of aromatic carboxylic acids is 1. The second-order valence-corrected chi connectivity index (χ2v) is 5.97. The van der Waals surface area contributed by atoms with Crippen molar-refractivity contribution in [3.05, 3.63) is 58.6 Å². The van der Waals surface area contributed by atoms with Crippen LogP contribution in [0.1, 0.15) is 15.9 Å². The quantitative estimate of drug-likeness (QED) is 0.808. The normalized spacial score (nSPS) is 10.3. The van der Waals surface area contributed by atoms with Gasteiger partial charge in [0, 0.05) is 15.6 Å². The van der Waals surface area contributed by atoms with Gasteiger partial charge in [0.05, 0.1) is 11.3 Å². The number of carboxylic acid groups (broad SMARTS) is 1. The van der Waals surface area contributed by atoms with Crippen LogP contribution in [-0.2, 0) is 4.79 Å². The number of carbonyl (C=O) groups excluding carboxylic acids is 1. The Bertz CT molecular complexity index is 718. The second kappa shape index (κ2) is 7.33. The van der Waals surface area contributed by atoms with Crippen molar-refractivity contribution in [2.75, 3.05) is 11.1 Å². The molecule has 22 heavy (non-hydrogen) atoms. The minimum atomic E-state index is -1.01. The third kappa shape index (κ3) is 4.02. The average Bonchev–Trinajstić information content (AvgIpc) is 2.50. The molecule has 0 radical (unpaired) electrons. The molecule has 0 saturated carbocycles. The van der Waals surface area contributed by atoms with Crippen molar-refractivity contribution in [3.8, 4) is 0 Å². The molecule has 0 aliphatic heterocycles. The van der Waals surface area contributed by atoms with Gasteiger partial charge in [-0.15, -0.1) is 11.8 Å². The number of anilines is 1. The van der Waals surface area contributed by atoms with Crippen molar-refractivity contribution >= 4 is 40.9 Å². The first-order chi connectivity index (χ1) is 10.5. The van der Waals surface area contributed by atoms with E-state index in [1.807, 2.05) is 6.92 Å². The first-order valence-corrected chi connectivity index (χ1v) is 7.85. The predicted octanol–water partition coefficient (Wildman–Crippen LogP) is 4.08. The highest BCUT2D eigenvalue weighted by molar-refractivity contribution is 8.00. The summed E-state index contributed by atoms with van der Waals surface area (Å²) in [6, 6.07) is 11.9. The van der Waals surface area contributed by atoms with Gasteiger partial charge in [-0.25, -0.2) is 4.79 Å². The summed E-state index contributed by atoms with van der Waals surface area (Å²) in [6.07, 6.45) is 0. The molecule has 0 atom stereocenters. The van der Waals surface area contributed by atoms with Gasteiger partial charge in [-0.3, -0.25) is 4.79 Å². The Balaban J connectivity index is 2.02. The summed E-state index contributed by atoms with van der Waals surface area (Å²) in [5.74, 6) is -1.10. The number of hydrogen-bond donors (Lipinski definition) is 2. The van der Waals surface area contributed by atoms with E-state index in [1.165, 1.54) is 17.8 Å². The zero-order chi connectivity index (χ0) is 16.1. The van der Waals surface area contributed by atoms with E-state index in [0.717, 1.165) is 5.56 Å². The van der Waals surface area contributed by atoms with Gasteiger partial charge in [-0.1, -0.05) is 29.8 Å². The molecule has 0 heterocycles. The van der Waals surface area contributed by atoms with Crippen LogP contribution in [0.15, 0.2) is 47.4 Å². The molecular weight excluding hydrogens is 322 g/mol. The topological polar surface area (TPSA) is 66.4 Å². The molecule has 2 aromatic carbocycles. The number of amides is 1. The van der Waals surface area contributed by atoms with Gasteiger partial charge in [0.25, 0.3) is 0 Å². The Labute approximate surface area is 137 Å². The minimum Gasteiger partial charge on any atom is -0.478 e.